The molecule has 2 rings (SSSR count). The summed E-state index contributed by atoms with van der Waals surface area (Å²) in [6, 6.07) is 4.95. The second-order valence-corrected chi connectivity index (χ2v) is 5.19. The zero-order valence-electron chi connectivity index (χ0n) is 12.7. The summed E-state index contributed by atoms with van der Waals surface area (Å²) in [5.74, 6) is 0.305. The Bertz CT molecular complexity index is 583. The van der Waals surface area contributed by atoms with Crippen LogP contribution in [-0.4, -0.2) is 23.9 Å². The molecule has 2 aromatic rings. The van der Waals surface area contributed by atoms with Gasteiger partial charge in [0.25, 0.3) is 0 Å². The van der Waals surface area contributed by atoms with Crippen molar-refractivity contribution in [3.05, 3.63) is 47.0 Å². The number of nitrogens with one attached hydrogen (secondary N) is 2. The molecule has 4 nitrogen and oxygen atoms in total. The Hall–Kier alpha value is -1.88. The van der Waals surface area contributed by atoms with Crippen molar-refractivity contribution in [2.24, 2.45) is 0 Å². The van der Waals surface area contributed by atoms with Crippen molar-refractivity contribution in [2.45, 2.75) is 32.7 Å². The van der Waals surface area contributed by atoms with E-state index in [0.29, 0.717) is 11.3 Å². The lowest BCUT2D eigenvalue weighted by molar-refractivity contribution is 0.409. The van der Waals surface area contributed by atoms with Gasteiger partial charge in [0.2, 0.25) is 0 Å². The predicted octanol–water partition coefficient (Wildman–Crippen LogP) is 3.15. The number of H-pyrrole nitrogens is 1. The van der Waals surface area contributed by atoms with E-state index in [4.69, 9.17) is 4.74 Å². The summed E-state index contributed by atoms with van der Waals surface area (Å²) in [7, 11) is 1.54. The molecule has 0 saturated heterocycles. The predicted molar refractivity (Wildman–Crippen MR) is 81.0 cm³/mol. The third-order valence-corrected chi connectivity index (χ3v) is 3.68. The number of hydrogen-bond donors (Lipinski definition) is 2. The average Bonchev–Trinajstić information content (AvgIpc) is 2.88. The zero-order chi connectivity index (χ0) is 15.2. The molecule has 5 heteroatoms. The number of aromatic amines is 1. The van der Waals surface area contributed by atoms with Crippen molar-refractivity contribution < 1.29 is 9.13 Å². The van der Waals surface area contributed by atoms with Gasteiger partial charge in [0.1, 0.15) is 11.6 Å². The maximum Gasteiger partial charge on any atom is 0.131 e. The topological polar surface area (TPSA) is 49.9 Å². The van der Waals surface area contributed by atoms with E-state index in [1.165, 1.54) is 18.7 Å². The van der Waals surface area contributed by atoms with Crippen LogP contribution in [0, 0.1) is 12.7 Å². The number of aryl methyl sites for hydroxylation is 2. The molecule has 114 valence electrons. The largest absolute Gasteiger partial charge is 0.497 e. The molecule has 0 fully saturated rings. The summed E-state index contributed by atoms with van der Waals surface area (Å²) in [5, 5.41) is 10.3. The quantitative estimate of drug-likeness (QED) is 0.770. The minimum Gasteiger partial charge on any atom is -0.497 e. The normalized spacial score (nSPS) is 12.4. The van der Waals surface area contributed by atoms with Gasteiger partial charge in [0.05, 0.1) is 13.3 Å². The van der Waals surface area contributed by atoms with Gasteiger partial charge in [-0.05, 0) is 44.9 Å². The fourth-order valence-electron chi connectivity index (χ4n) is 2.32. The maximum absolute atomic E-state index is 13.9. The van der Waals surface area contributed by atoms with Crippen LogP contribution in [0.3, 0.4) is 0 Å². The van der Waals surface area contributed by atoms with E-state index >= 15 is 0 Å². The maximum atomic E-state index is 13.9. The Morgan fingerprint density at radius 3 is 2.86 bits per heavy atom. The molecule has 1 atom stereocenters. The number of rotatable bonds is 7. The molecule has 0 bridgehead atoms. The van der Waals surface area contributed by atoms with Crippen molar-refractivity contribution in [3.63, 3.8) is 0 Å². The number of aromatic nitrogens is 2. The van der Waals surface area contributed by atoms with Crippen LogP contribution in [0.4, 0.5) is 4.39 Å². The van der Waals surface area contributed by atoms with Crippen molar-refractivity contribution in [2.75, 3.05) is 13.7 Å². The molecule has 0 radical (unpaired) electrons. The third-order valence-electron chi connectivity index (χ3n) is 3.68. The standard InChI is InChI=1S/C16H22FN3O/c1-11-13(10-19-20-11)5-4-8-18-12(2)15-7-6-14(21-3)9-16(15)17/h6-7,9-10,12,18H,4-5,8H2,1-3H3,(H,19,20). The Morgan fingerprint density at radius 2 is 2.24 bits per heavy atom. The fraction of sp³-hybridized carbons (Fsp3) is 0.438. The second kappa shape index (κ2) is 7.22. The van der Waals surface area contributed by atoms with Crippen LogP contribution in [0.5, 0.6) is 5.75 Å². The van der Waals surface area contributed by atoms with Crippen LogP contribution in [0.25, 0.3) is 0 Å². The van der Waals surface area contributed by atoms with Crippen LogP contribution in [0.1, 0.15) is 36.2 Å². The SMILES string of the molecule is COc1ccc(C(C)NCCCc2cn[nH]c2C)c(F)c1. The van der Waals surface area contributed by atoms with E-state index in [9.17, 15) is 4.39 Å². The van der Waals surface area contributed by atoms with Crippen molar-refractivity contribution in [1.82, 2.24) is 15.5 Å². The van der Waals surface area contributed by atoms with Gasteiger partial charge in [-0.25, -0.2) is 4.39 Å². The van der Waals surface area contributed by atoms with Gasteiger partial charge in [-0.2, -0.15) is 5.10 Å². The Morgan fingerprint density at radius 1 is 1.43 bits per heavy atom. The highest BCUT2D eigenvalue weighted by Gasteiger charge is 2.11. The monoisotopic (exact) mass is 291 g/mol. The number of ether oxygens (including phenoxy) is 1. The molecule has 2 N–H and O–H groups in total. The molecule has 0 spiro atoms. The molecule has 1 aromatic heterocycles. The Kier molecular flexibility index (Phi) is 5.33. The van der Waals surface area contributed by atoms with E-state index in [2.05, 4.69) is 15.5 Å². The fourth-order valence-corrected chi connectivity index (χ4v) is 2.32. The highest BCUT2D eigenvalue weighted by molar-refractivity contribution is 5.30. The third kappa shape index (κ3) is 4.04. The van der Waals surface area contributed by atoms with Crippen LogP contribution in [-0.2, 0) is 6.42 Å². The van der Waals surface area contributed by atoms with Crippen molar-refractivity contribution >= 4 is 0 Å². The summed E-state index contributed by atoms with van der Waals surface area (Å²) >= 11 is 0. The number of methoxy groups -OCH3 is 1. The lowest BCUT2D eigenvalue weighted by atomic mass is 10.1. The Balaban J connectivity index is 1.82. The molecular formula is C16H22FN3O. The lowest BCUT2D eigenvalue weighted by Gasteiger charge is -2.15. The highest BCUT2D eigenvalue weighted by Crippen LogP contribution is 2.21. The second-order valence-electron chi connectivity index (χ2n) is 5.19. The zero-order valence-corrected chi connectivity index (χ0v) is 12.7. The van der Waals surface area contributed by atoms with Gasteiger partial charge in [-0.15, -0.1) is 0 Å². The average molecular weight is 291 g/mol. The van der Waals surface area contributed by atoms with E-state index < -0.39 is 0 Å². The van der Waals surface area contributed by atoms with Gasteiger partial charge in [-0.1, -0.05) is 6.07 Å². The summed E-state index contributed by atoms with van der Waals surface area (Å²) in [5.41, 5.74) is 3.01. The smallest absolute Gasteiger partial charge is 0.131 e. The van der Waals surface area contributed by atoms with Crippen molar-refractivity contribution in [3.8, 4) is 5.75 Å². The molecule has 1 aromatic carbocycles. The summed E-state index contributed by atoms with van der Waals surface area (Å²) < 4.78 is 19.0. The summed E-state index contributed by atoms with van der Waals surface area (Å²) in [6.07, 6.45) is 3.82. The van der Waals surface area contributed by atoms with E-state index in [1.807, 2.05) is 20.0 Å². The molecule has 0 amide bonds. The first-order chi connectivity index (χ1) is 10.1. The number of benzene rings is 1. The Labute approximate surface area is 124 Å². The van der Waals surface area contributed by atoms with E-state index in [1.54, 1.807) is 12.1 Å². The molecule has 1 unspecified atom stereocenters. The van der Waals surface area contributed by atoms with Gasteiger partial charge in [0.15, 0.2) is 0 Å². The summed E-state index contributed by atoms with van der Waals surface area (Å²) in [6.45, 7) is 4.82. The van der Waals surface area contributed by atoms with Crippen LogP contribution in [0.15, 0.2) is 24.4 Å². The molecule has 0 aliphatic rings. The number of hydrogen-bond acceptors (Lipinski definition) is 3. The lowest BCUT2D eigenvalue weighted by Crippen LogP contribution is -2.21. The number of halogens is 1. The van der Waals surface area contributed by atoms with E-state index in [0.717, 1.165) is 25.1 Å². The van der Waals surface area contributed by atoms with Gasteiger partial charge < -0.3 is 10.1 Å². The molecule has 0 aliphatic carbocycles. The first kappa shape index (κ1) is 15.5. The van der Waals surface area contributed by atoms with E-state index in [-0.39, 0.29) is 11.9 Å². The first-order valence-electron chi connectivity index (χ1n) is 7.17. The van der Waals surface area contributed by atoms with Crippen molar-refractivity contribution in [1.29, 1.82) is 0 Å². The minimum absolute atomic E-state index is 0.0265. The van der Waals surface area contributed by atoms with Crippen LogP contribution < -0.4 is 10.1 Å². The van der Waals surface area contributed by atoms with Gasteiger partial charge >= 0.3 is 0 Å². The molecule has 0 saturated carbocycles. The minimum atomic E-state index is -0.236. The molecule has 0 aliphatic heterocycles. The molecule has 21 heavy (non-hydrogen) atoms. The van der Waals surface area contributed by atoms with Gasteiger partial charge in [-0.3, -0.25) is 5.10 Å². The van der Waals surface area contributed by atoms with Crippen LogP contribution in [0.2, 0.25) is 0 Å². The summed E-state index contributed by atoms with van der Waals surface area (Å²) in [4.78, 5) is 0. The number of nitrogens with zero attached hydrogens (tertiary/aromatic N) is 1. The van der Waals surface area contributed by atoms with Crippen LogP contribution >= 0.6 is 0 Å². The molecule has 1 heterocycles. The first-order valence-corrected chi connectivity index (χ1v) is 7.17. The van der Waals surface area contributed by atoms with Gasteiger partial charge in [0, 0.05) is 23.4 Å². The highest BCUT2D eigenvalue weighted by atomic mass is 19.1. The molecular weight excluding hydrogens is 269 g/mol.